The lowest BCUT2D eigenvalue weighted by Crippen LogP contribution is -2.31. The van der Waals surface area contributed by atoms with Gasteiger partial charge < -0.3 is 19.1 Å². The zero-order valence-corrected chi connectivity index (χ0v) is 18.7. The molecule has 1 atom stereocenters. The van der Waals surface area contributed by atoms with E-state index in [0.29, 0.717) is 43.5 Å². The lowest BCUT2D eigenvalue weighted by molar-refractivity contribution is 0.0718. The average Bonchev–Trinajstić information content (AvgIpc) is 3.43. The van der Waals surface area contributed by atoms with Crippen molar-refractivity contribution in [2.24, 2.45) is 7.05 Å². The van der Waals surface area contributed by atoms with Crippen LogP contribution in [-0.4, -0.2) is 52.0 Å². The molecule has 168 valence electrons. The Bertz CT molecular complexity index is 1060. The van der Waals surface area contributed by atoms with Gasteiger partial charge in [0.25, 0.3) is 5.91 Å². The molecule has 0 radical (unpaired) electrons. The van der Waals surface area contributed by atoms with E-state index in [1.54, 1.807) is 42.2 Å². The van der Waals surface area contributed by atoms with Crippen molar-refractivity contribution < 1.29 is 19.0 Å². The maximum Gasteiger partial charge on any atom is 0.272 e. The maximum atomic E-state index is 13.4. The molecule has 2 aromatic heterocycles. The zero-order chi connectivity index (χ0) is 22.5. The first-order valence-electron chi connectivity index (χ1n) is 10.6. The molecule has 8 nitrogen and oxygen atoms in total. The minimum Gasteiger partial charge on any atom is -0.493 e. The molecule has 1 aliphatic heterocycles. The number of nitrogens with zero attached hydrogens (tertiary/aromatic N) is 4. The lowest BCUT2D eigenvalue weighted by atomic mass is 10.1. The van der Waals surface area contributed by atoms with Crippen LogP contribution >= 0.6 is 0 Å². The quantitative estimate of drug-likeness (QED) is 0.540. The summed E-state index contributed by atoms with van der Waals surface area (Å²) in [5, 5.41) is 4.33. The molecule has 0 aliphatic carbocycles. The van der Waals surface area contributed by atoms with Gasteiger partial charge in [-0.2, -0.15) is 5.10 Å². The molecule has 0 saturated carbocycles. The van der Waals surface area contributed by atoms with E-state index in [4.69, 9.17) is 14.2 Å². The number of hydrogen-bond acceptors (Lipinski definition) is 6. The van der Waals surface area contributed by atoms with Crippen molar-refractivity contribution in [2.45, 2.75) is 32.5 Å². The van der Waals surface area contributed by atoms with Gasteiger partial charge >= 0.3 is 0 Å². The monoisotopic (exact) mass is 436 g/mol. The van der Waals surface area contributed by atoms with Crippen LogP contribution in [0.15, 0.2) is 48.8 Å². The second-order valence-electron chi connectivity index (χ2n) is 7.91. The van der Waals surface area contributed by atoms with Gasteiger partial charge in [0.15, 0.2) is 11.5 Å². The van der Waals surface area contributed by atoms with Gasteiger partial charge in [-0.1, -0.05) is 12.1 Å². The zero-order valence-electron chi connectivity index (χ0n) is 18.7. The molecule has 3 heterocycles. The molecule has 0 spiro atoms. The molecular weight excluding hydrogens is 408 g/mol. The minimum absolute atomic E-state index is 0.0338. The summed E-state index contributed by atoms with van der Waals surface area (Å²) < 4.78 is 18.6. The van der Waals surface area contributed by atoms with E-state index in [1.165, 1.54) is 0 Å². The topological polar surface area (TPSA) is 78.7 Å². The number of hydrogen-bond donors (Lipinski definition) is 0. The maximum absolute atomic E-state index is 13.4. The number of carbonyl (C=O) groups excluding carboxylic acids is 1. The molecular formula is C24H28N4O4. The van der Waals surface area contributed by atoms with E-state index >= 15 is 0 Å². The number of pyridine rings is 1. The molecule has 0 bridgehead atoms. The van der Waals surface area contributed by atoms with Crippen molar-refractivity contribution >= 4 is 5.91 Å². The lowest BCUT2D eigenvalue weighted by Gasteiger charge is -2.24. The number of carbonyl (C=O) groups is 1. The van der Waals surface area contributed by atoms with Crippen LogP contribution in [0.5, 0.6) is 11.5 Å². The highest BCUT2D eigenvalue weighted by atomic mass is 16.6. The van der Waals surface area contributed by atoms with E-state index in [0.717, 1.165) is 23.2 Å². The van der Waals surface area contributed by atoms with Gasteiger partial charge in [-0.3, -0.25) is 14.5 Å². The number of benzene rings is 1. The van der Waals surface area contributed by atoms with E-state index in [1.807, 2.05) is 37.3 Å². The third-order valence-corrected chi connectivity index (χ3v) is 5.39. The van der Waals surface area contributed by atoms with Gasteiger partial charge in [0.05, 0.1) is 26.0 Å². The number of ether oxygens (including phenoxy) is 3. The Balaban J connectivity index is 1.58. The van der Waals surface area contributed by atoms with Crippen LogP contribution in [0, 0.1) is 6.92 Å². The molecule has 0 N–H and O–H groups in total. The Kier molecular flexibility index (Phi) is 6.70. The SMILES string of the molecule is COc1cc(CN(Cc2cccnc2)C(=O)c2cc(C)nn2C)ccc1OC1CCOC1. The Morgan fingerprint density at radius 1 is 1.22 bits per heavy atom. The van der Waals surface area contributed by atoms with Gasteiger partial charge in [0.1, 0.15) is 11.8 Å². The third-order valence-electron chi connectivity index (χ3n) is 5.39. The first-order chi connectivity index (χ1) is 15.5. The predicted octanol–water partition coefficient (Wildman–Crippen LogP) is 3.14. The highest BCUT2D eigenvalue weighted by Crippen LogP contribution is 2.31. The van der Waals surface area contributed by atoms with Crippen LogP contribution in [0.4, 0.5) is 0 Å². The summed E-state index contributed by atoms with van der Waals surface area (Å²) in [5.41, 5.74) is 3.23. The van der Waals surface area contributed by atoms with Crippen molar-refractivity contribution in [3.8, 4) is 11.5 Å². The minimum atomic E-state index is -0.0978. The fourth-order valence-corrected chi connectivity index (χ4v) is 3.80. The van der Waals surface area contributed by atoms with Gasteiger partial charge in [-0.15, -0.1) is 0 Å². The number of methoxy groups -OCH3 is 1. The van der Waals surface area contributed by atoms with E-state index in [-0.39, 0.29) is 12.0 Å². The first kappa shape index (κ1) is 21.8. The largest absolute Gasteiger partial charge is 0.493 e. The van der Waals surface area contributed by atoms with E-state index in [2.05, 4.69) is 10.1 Å². The van der Waals surface area contributed by atoms with Crippen LogP contribution in [0.1, 0.15) is 33.7 Å². The molecule has 1 amide bonds. The number of aryl methyl sites for hydroxylation is 2. The molecule has 1 aliphatic rings. The molecule has 8 heteroatoms. The first-order valence-corrected chi connectivity index (χ1v) is 10.6. The summed E-state index contributed by atoms with van der Waals surface area (Å²) in [4.78, 5) is 19.4. The van der Waals surface area contributed by atoms with Gasteiger partial charge in [0, 0.05) is 39.0 Å². The second kappa shape index (κ2) is 9.82. The molecule has 4 rings (SSSR count). The molecule has 1 fully saturated rings. The smallest absolute Gasteiger partial charge is 0.272 e. The number of aromatic nitrogens is 3. The Hall–Kier alpha value is -3.39. The second-order valence-corrected chi connectivity index (χ2v) is 7.91. The molecule has 1 saturated heterocycles. The highest BCUT2D eigenvalue weighted by Gasteiger charge is 2.22. The van der Waals surface area contributed by atoms with Crippen LogP contribution in [-0.2, 0) is 24.9 Å². The fraction of sp³-hybridized carbons (Fsp3) is 0.375. The Morgan fingerprint density at radius 3 is 2.72 bits per heavy atom. The standard InChI is InChI=1S/C24H28N4O4/c1-17-11-21(27(2)26-17)24(29)28(15-19-5-4-9-25-13-19)14-18-6-7-22(23(12-18)30-3)32-20-8-10-31-16-20/h4-7,9,11-13,20H,8,10,14-16H2,1-3H3. The summed E-state index contributed by atoms with van der Waals surface area (Å²) in [5.74, 6) is 1.22. The third kappa shape index (κ3) is 5.08. The molecule has 32 heavy (non-hydrogen) atoms. The molecule has 1 aromatic carbocycles. The Morgan fingerprint density at radius 2 is 2.06 bits per heavy atom. The van der Waals surface area contributed by atoms with Crippen LogP contribution in [0.25, 0.3) is 0 Å². The van der Waals surface area contributed by atoms with Gasteiger partial charge in [-0.05, 0) is 42.3 Å². The average molecular weight is 437 g/mol. The van der Waals surface area contributed by atoms with Gasteiger partial charge in [0.2, 0.25) is 0 Å². The Labute approximate surface area is 187 Å². The van der Waals surface area contributed by atoms with Crippen molar-refractivity contribution in [1.29, 1.82) is 0 Å². The number of rotatable bonds is 8. The summed E-state index contributed by atoms with van der Waals surface area (Å²) in [6.07, 6.45) is 4.39. The van der Waals surface area contributed by atoms with Crippen molar-refractivity contribution in [3.05, 3.63) is 71.3 Å². The normalized spacial score (nSPS) is 15.5. The van der Waals surface area contributed by atoms with Crippen molar-refractivity contribution in [2.75, 3.05) is 20.3 Å². The summed E-state index contributed by atoms with van der Waals surface area (Å²) in [7, 11) is 3.40. The van der Waals surface area contributed by atoms with Crippen LogP contribution in [0.3, 0.4) is 0 Å². The fourth-order valence-electron chi connectivity index (χ4n) is 3.80. The highest BCUT2D eigenvalue weighted by molar-refractivity contribution is 5.92. The summed E-state index contributed by atoms with van der Waals surface area (Å²) in [6.45, 7) is 4.01. The summed E-state index contributed by atoms with van der Waals surface area (Å²) in [6, 6.07) is 11.4. The summed E-state index contributed by atoms with van der Waals surface area (Å²) >= 11 is 0. The van der Waals surface area contributed by atoms with E-state index in [9.17, 15) is 4.79 Å². The van der Waals surface area contributed by atoms with E-state index < -0.39 is 0 Å². The number of amides is 1. The van der Waals surface area contributed by atoms with Crippen molar-refractivity contribution in [1.82, 2.24) is 19.7 Å². The van der Waals surface area contributed by atoms with Gasteiger partial charge in [-0.25, -0.2) is 0 Å². The molecule has 1 unspecified atom stereocenters. The van der Waals surface area contributed by atoms with Crippen molar-refractivity contribution in [3.63, 3.8) is 0 Å². The van der Waals surface area contributed by atoms with Crippen LogP contribution < -0.4 is 9.47 Å². The van der Waals surface area contributed by atoms with Crippen LogP contribution in [0.2, 0.25) is 0 Å². The molecule has 3 aromatic rings. The predicted molar refractivity (Wildman–Crippen MR) is 119 cm³/mol.